The molecule has 0 atom stereocenters. The van der Waals surface area contributed by atoms with E-state index in [1.165, 1.54) is 4.40 Å². The lowest BCUT2D eigenvalue weighted by Gasteiger charge is -2.00. The maximum atomic E-state index is 11.5. The first-order chi connectivity index (χ1) is 6.20. The Bertz CT molecular complexity index is 521. The van der Waals surface area contributed by atoms with E-state index in [-0.39, 0.29) is 15.9 Å². The van der Waals surface area contributed by atoms with Crippen LogP contribution in [-0.4, -0.2) is 14.5 Å². The van der Waals surface area contributed by atoms with Gasteiger partial charge in [-0.25, -0.2) is 0 Å². The lowest BCUT2D eigenvalue weighted by Crippen LogP contribution is -2.14. The van der Waals surface area contributed by atoms with Crippen LogP contribution >= 0.6 is 15.9 Å². The molecule has 0 saturated carbocycles. The lowest BCUT2D eigenvalue weighted by atomic mass is 10.4. The monoisotopic (exact) mass is 240 g/mol. The van der Waals surface area contributed by atoms with Gasteiger partial charge in [0.1, 0.15) is 10.1 Å². The number of hydrogen-bond acceptors (Lipinski definition) is 3. The summed E-state index contributed by atoms with van der Waals surface area (Å²) in [5.74, 6) is -0.281. The van der Waals surface area contributed by atoms with Crippen molar-refractivity contribution in [2.24, 2.45) is 0 Å². The fourth-order valence-corrected chi connectivity index (χ4v) is 1.34. The zero-order chi connectivity index (χ0) is 9.42. The number of pyridine rings is 1. The lowest BCUT2D eigenvalue weighted by molar-refractivity contribution is 0.449. The maximum Gasteiger partial charge on any atom is 0.276 e. The van der Waals surface area contributed by atoms with Gasteiger partial charge in [-0.1, -0.05) is 6.07 Å². The van der Waals surface area contributed by atoms with Gasteiger partial charge < -0.3 is 5.11 Å². The summed E-state index contributed by atoms with van der Waals surface area (Å²) in [5.41, 5.74) is 0.108. The van der Waals surface area contributed by atoms with Crippen LogP contribution in [0.4, 0.5) is 0 Å². The molecule has 0 aromatic carbocycles. The van der Waals surface area contributed by atoms with Crippen LogP contribution in [0.15, 0.2) is 33.7 Å². The topological polar surface area (TPSA) is 54.6 Å². The summed E-state index contributed by atoms with van der Waals surface area (Å²) in [6, 6.07) is 5.11. The Labute approximate surface area is 81.6 Å². The molecular weight excluding hydrogens is 236 g/mol. The predicted octanol–water partition coefficient (Wildman–Crippen LogP) is 1.16. The van der Waals surface area contributed by atoms with Gasteiger partial charge in [-0.2, -0.15) is 4.98 Å². The maximum absolute atomic E-state index is 11.5. The summed E-state index contributed by atoms with van der Waals surface area (Å²) in [4.78, 5) is 15.3. The normalized spacial score (nSPS) is 10.5. The van der Waals surface area contributed by atoms with Crippen LogP contribution in [0.1, 0.15) is 0 Å². The molecule has 2 aromatic heterocycles. The molecule has 0 aliphatic rings. The Kier molecular flexibility index (Phi) is 1.81. The van der Waals surface area contributed by atoms with Gasteiger partial charge >= 0.3 is 0 Å². The molecular formula is C8H5BrN2O2. The third-order valence-electron chi connectivity index (χ3n) is 1.66. The average Bonchev–Trinajstić information content (AvgIpc) is 2.15. The van der Waals surface area contributed by atoms with Gasteiger partial charge in [0, 0.05) is 6.20 Å². The zero-order valence-electron chi connectivity index (χ0n) is 6.44. The molecule has 2 heterocycles. The van der Waals surface area contributed by atoms with E-state index in [4.69, 9.17) is 0 Å². The molecule has 0 bridgehead atoms. The molecule has 0 saturated heterocycles. The summed E-state index contributed by atoms with van der Waals surface area (Å²) < 4.78 is 1.43. The van der Waals surface area contributed by atoms with Gasteiger partial charge in [0.05, 0.1) is 0 Å². The van der Waals surface area contributed by atoms with Gasteiger partial charge in [0.2, 0.25) is 5.88 Å². The van der Waals surface area contributed by atoms with E-state index in [0.717, 1.165) is 0 Å². The van der Waals surface area contributed by atoms with Crippen LogP contribution in [0, 0.1) is 0 Å². The third-order valence-corrected chi connectivity index (χ3v) is 2.36. The van der Waals surface area contributed by atoms with Crippen molar-refractivity contribution < 1.29 is 5.11 Å². The molecule has 0 radical (unpaired) electrons. The molecule has 0 amide bonds. The van der Waals surface area contributed by atoms with E-state index in [0.29, 0.717) is 5.65 Å². The molecule has 66 valence electrons. The van der Waals surface area contributed by atoms with Gasteiger partial charge in [-0.3, -0.25) is 9.20 Å². The Morgan fingerprint density at radius 3 is 3.00 bits per heavy atom. The van der Waals surface area contributed by atoms with E-state index in [9.17, 15) is 9.90 Å². The van der Waals surface area contributed by atoms with Crippen LogP contribution in [0.3, 0.4) is 0 Å². The third kappa shape index (κ3) is 1.21. The number of nitrogens with zero attached hydrogens (tertiary/aromatic N) is 2. The second-order valence-electron chi connectivity index (χ2n) is 2.48. The Morgan fingerprint density at radius 2 is 2.23 bits per heavy atom. The predicted molar refractivity (Wildman–Crippen MR) is 50.8 cm³/mol. The summed E-state index contributed by atoms with van der Waals surface area (Å²) in [5, 5.41) is 9.23. The minimum absolute atomic E-state index is 0.0798. The molecule has 1 N–H and O–H groups in total. The molecule has 0 unspecified atom stereocenters. The smallest absolute Gasteiger partial charge is 0.276 e. The number of aromatic hydroxyl groups is 1. The van der Waals surface area contributed by atoms with Crippen molar-refractivity contribution in [3.05, 3.63) is 39.2 Å². The number of rotatable bonds is 0. The van der Waals surface area contributed by atoms with E-state index < -0.39 is 0 Å². The molecule has 2 aromatic rings. The SMILES string of the molecule is O=c1c(Br)c(O)nc2ccccn12. The van der Waals surface area contributed by atoms with E-state index in [2.05, 4.69) is 20.9 Å². The second-order valence-corrected chi connectivity index (χ2v) is 3.28. The fraction of sp³-hybridized carbons (Fsp3) is 0. The number of fused-ring (bicyclic) bond motifs is 1. The highest BCUT2D eigenvalue weighted by molar-refractivity contribution is 9.10. The van der Waals surface area contributed by atoms with Crippen LogP contribution in [0.5, 0.6) is 5.88 Å². The molecule has 13 heavy (non-hydrogen) atoms. The first-order valence-corrected chi connectivity index (χ1v) is 4.35. The number of hydrogen-bond donors (Lipinski definition) is 1. The van der Waals surface area contributed by atoms with Gasteiger partial charge in [0.25, 0.3) is 5.56 Å². The quantitative estimate of drug-likeness (QED) is 0.752. The van der Waals surface area contributed by atoms with Crippen molar-refractivity contribution in [1.29, 1.82) is 0 Å². The molecule has 5 heteroatoms. The highest BCUT2D eigenvalue weighted by Gasteiger charge is 2.07. The first kappa shape index (κ1) is 8.25. The minimum atomic E-state index is -0.317. The van der Waals surface area contributed by atoms with Crippen molar-refractivity contribution in [3.63, 3.8) is 0 Å². The largest absolute Gasteiger partial charge is 0.492 e. The summed E-state index contributed by atoms with van der Waals surface area (Å²) in [6.45, 7) is 0. The molecule has 2 rings (SSSR count). The highest BCUT2D eigenvalue weighted by atomic mass is 79.9. The van der Waals surface area contributed by atoms with Crippen LogP contribution in [0.2, 0.25) is 0 Å². The van der Waals surface area contributed by atoms with Crippen molar-refractivity contribution in [2.45, 2.75) is 0 Å². The molecule has 4 nitrogen and oxygen atoms in total. The highest BCUT2D eigenvalue weighted by Crippen LogP contribution is 2.16. The van der Waals surface area contributed by atoms with Crippen molar-refractivity contribution in [2.75, 3.05) is 0 Å². The van der Waals surface area contributed by atoms with Gasteiger partial charge in [0.15, 0.2) is 0 Å². The molecule has 0 spiro atoms. The van der Waals surface area contributed by atoms with E-state index in [1.54, 1.807) is 24.4 Å². The summed E-state index contributed by atoms with van der Waals surface area (Å²) in [6.07, 6.45) is 1.59. The van der Waals surface area contributed by atoms with Crippen molar-refractivity contribution >= 4 is 21.6 Å². The minimum Gasteiger partial charge on any atom is -0.492 e. The first-order valence-electron chi connectivity index (χ1n) is 3.56. The van der Waals surface area contributed by atoms with Crippen molar-refractivity contribution in [1.82, 2.24) is 9.38 Å². The second kappa shape index (κ2) is 2.85. The zero-order valence-corrected chi connectivity index (χ0v) is 8.02. The van der Waals surface area contributed by atoms with Crippen molar-refractivity contribution in [3.8, 4) is 5.88 Å². The summed E-state index contributed by atoms with van der Waals surface area (Å²) >= 11 is 2.95. The van der Waals surface area contributed by atoms with Gasteiger partial charge in [-0.15, -0.1) is 0 Å². The Hall–Kier alpha value is -1.36. The molecule has 0 aliphatic carbocycles. The van der Waals surface area contributed by atoms with Gasteiger partial charge in [-0.05, 0) is 28.1 Å². The summed E-state index contributed by atoms with van der Waals surface area (Å²) in [7, 11) is 0. The molecule has 0 fully saturated rings. The fourth-order valence-electron chi connectivity index (χ4n) is 1.06. The van der Waals surface area contributed by atoms with Crippen LogP contribution in [0.25, 0.3) is 5.65 Å². The van der Waals surface area contributed by atoms with E-state index in [1.807, 2.05) is 0 Å². The van der Waals surface area contributed by atoms with Crippen LogP contribution < -0.4 is 5.56 Å². The number of aromatic nitrogens is 2. The van der Waals surface area contributed by atoms with Crippen LogP contribution in [-0.2, 0) is 0 Å². The Balaban J connectivity index is 3.03. The van der Waals surface area contributed by atoms with E-state index >= 15 is 0 Å². The molecule has 0 aliphatic heterocycles. The number of halogens is 1. The Morgan fingerprint density at radius 1 is 1.46 bits per heavy atom. The average molecular weight is 241 g/mol. The standard InChI is InChI=1S/C8H5BrN2O2/c9-6-7(12)10-5-3-1-2-4-11(5)8(6)13/h1-4,12H.